The van der Waals surface area contributed by atoms with Crippen molar-refractivity contribution in [3.05, 3.63) is 30.1 Å². The molecule has 1 aromatic rings. The van der Waals surface area contributed by atoms with Crippen LogP contribution < -0.4 is 0 Å². The van der Waals surface area contributed by atoms with E-state index in [1.807, 2.05) is 24.4 Å². The van der Waals surface area contributed by atoms with Crippen molar-refractivity contribution in [1.29, 1.82) is 0 Å². The van der Waals surface area contributed by atoms with Crippen molar-refractivity contribution in [3.8, 4) is 0 Å². The third kappa shape index (κ3) is 4.91. The summed E-state index contributed by atoms with van der Waals surface area (Å²) in [5.41, 5.74) is 1.12. The van der Waals surface area contributed by atoms with Crippen LogP contribution >= 0.6 is 0 Å². The summed E-state index contributed by atoms with van der Waals surface area (Å²) in [5, 5.41) is 0. The Morgan fingerprint density at radius 3 is 2.94 bits per heavy atom. The summed E-state index contributed by atoms with van der Waals surface area (Å²) >= 11 is 0. The number of hydrogen-bond donors (Lipinski definition) is 0. The van der Waals surface area contributed by atoms with Crippen LogP contribution in [0.15, 0.2) is 24.4 Å². The first-order valence-corrected chi connectivity index (χ1v) is 5.69. The molecular formula is C13H19NO2. The van der Waals surface area contributed by atoms with E-state index in [0.29, 0.717) is 12.3 Å². The quantitative estimate of drug-likeness (QED) is 0.693. The lowest BCUT2D eigenvalue weighted by molar-refractivity contribution is -0.141. The maximum atomic E-state index is 11.0. The van der Waals surface area contributed by atoms with E-state index in [-0.39, 0.29) is 5.97 Å². The molecule has 3 nitrogen and oxygen atoms in total. The fourth-order valence-corrected chi connectivity index (χ4v) is 1.65. The second-order valence-electron chi connectivity index (χ2n) is 4.10. The fraction of sp³-hybridized carbons (Fsp3) is 0.538. The van der Waals surface area contributed by atoms with Gasteiger partial charge in [0.05, 0.1) is 7.11 Å². The molecule has 0 radical (unpaired) electrons. The smallest absolute Gasteiger partial charge is 0.305 e. The van der Waals surface area contributed by atoms with Gasteiger partial charge in [-0.3, -0.25) is 9.78 Å². The molecule has 0 aliphatic carbocycles. The zero-order chi connectivity index (χ0) is 11.8. The molecule has 0 aliphatic rings. The van der Waals surface area contributed by atoms with Crippen LogP contribution in [0.25, 0.3) is 0 Å². The first-order valence-electron chi connectivity index (χ1n) is 5.69. The average Bonchev–Trinajstić information content (AvgIpc) is 2.30. The van der Waals surface area contributed by atoms with Crippen molar-refractivity contribution in [2.24, 2.45) is 5.92 Å². The third-order valence-corrected chi connectivity index (χ3v) is 2.60. The predicted octanol–water partition coefficient (Wildman–Crippen LogP) is 2.60. The van der Waals surface area contributed by atoms with Gasteiger partial charge in [-0.1, -0.05) is 13.0 Å². The minimum absolute atomic E-state index is 0.120. The Kier molecular flexibility index (Phi) is 5.54. The van der Waals surface area contributed by atoms with Crippen molar-refractivity contribution < 1.29 is 9.53 Å². The van der Waals surface area contributed by atoms with Gasteiger partial charge in [-0.15, -0.1) is 0 Å². The minimum Gasteiger partial charge on any atom is -0.469 e. The van der Waals surface area contributed by atoms with Gasteiger partial charge >= 0.3 is 5.97 Å². The number of rotatable bonds is 6. The number of hydrogen-bond acceptors (Lipinski definition) is 3. The number of pyridine rings is 1. The first-order chi connectivity index (χ1) is 7.72. The van der Waals surface area contributed by atoms with Gasteiger partial charge in [0.2, 0.25) is 0 Å². The van der Waals surface area contributed by atoms with Crippen LogP contribution in [0.3, 0.4) is 0 Å². The lowest BCUT2D eigenvalue weighted by atomic mass is 10.00. The van der Waals surface area contributed by atoms with E-state index in [2.05, 4.69) is 16.6 Å². The minimum atomic E-state index is -0.120. The van der Waals surface area contributed by atoms with Gasteiger partial charge < -0.3 is 4.74 Å². The second kappa shape index (κ2) is 6.99. The number of nitrogens with zero attached hydrogens (tertiary/aromatic N) is 1. The number of aryl methyl sites for hydroxylation is 1. The average molecular weight is 221 g/mol. The Morgan fingerprint density at radius 1 is 1.50 bits per heavy atom. The lowest BCUT2D eigenvalue weighted by Crippen LogP contribution is -2.07. The zero-order valence-electron chi connectivity index (χ0n) is 9.98. The normalized spacial score (nSPS) is 12.1. The van der Waals surface area contributed by atoms with E-state index in [4.69, 9.17) is 0 Å². The summed E-state index contributed by atoms with van der Waals surface area (Å²) in [6.45, 7) is 2.08. The van der Waals surface area contributed by atoms with Crippen molar-refractivity contribution in [1.82, 2.24) is 4.98 Å². The van der Waals surface area contributed by atoms with Gasteiger partial charge in [-0.25, -0.2) is 0 Å². The first kappa shape index (κ1) is 12.7. The van der Waals surface area contributed by atoms with E-state index in [9.17, 15) is 4.79 Å². The highest BCUT2D eigenvalue weighted by Crippen LogP contribution is 2.13. The predicted molar refractivity (Wildman–Crippen MR) is 63.0 cm³/mol. The monoisotopic (exact) mass is 221 g/mol. The summed E-state index contributed by atoms with van der Waals surface area (Å²) in [7, 11) is 1.43. The van der Waals surface area contributed by atoms with Gasteiger partial charge in [0.25, 0.3) is 0 Å². The number of methoxy groups -OCH3 is 1. The molecule has 0 fully saturated rings. The highest BCUT2D eigenvalue weighted by atomic mass is 16.5. The molecule has 1 rings (SSSR count). The fourth-order valence-electron chi connectivity index (χ4n) is 1.65. The maximum absolute atomic E-state index is 11.0. The molecule has 88 valence electrons. The molecular weight excluding hydrogens is 202 g/mol. The summed E-state index contributed by atoms with van der Waals surface area (Å²) in [6, 6.07) is 5.95. The zero-order valence-corrected chi connectivity index (χ0v) is 9.98. The summed E-state index contributed by atoms with van der Waals surface area (Å²) in [5.74, 6) is 0.265. The van der Waals surface area contributed by atoms with Crippen LogP contribution in [0.5, 0.6) is 0 Å². The number of esters is 1. The van der Waals surface area contributed by atoms with Crippen LogP contribution in [-0.2, 0) is 16.0 Å². The molecule has 0 amide bonds. The molecule has 0 spiro atoms. The number of carbonyl (C=O) groups is 1. The van der Waals surface area contributed by atoms with E-state index < -0.39 is 0 Å². The van der Waals surface area contributed by atoms with Gasteiger partial charge in [-0.2, -0.15) is 0 Å². The molecule has 0 aliphatic heterocycles. The van der Waals surface area contributed by atoms with E-state index >= 15 is 0 Å². The number of carbonyl (C=O) groups excluding carboxylic acids is 1. The second-order valence-corrected chi connectivity index (χ2v) is 4.10. The van der Waals surface area contributed by atoms with Gasteiger partial charge in [0.15, 0.2) is 0 Å². The topological polar surface area (TPSA) is 39.2 Å². The number of aromatic nitrogens is 1. The maximum Gasteiger partial charge on any atom is 0.305 e. The molecule has 0 aromatic carbocycles. The molecule has 1 unspecified atom stereocenters. The lowest BCUT2D eigenvalue weighted by Gasteiger charge is -2.09. The van der Waals surface area contributed by atoms with Crippen LogP contribution in [0.4, 0.5) is 0 Å². The van der Waals surface area contributed by atoms with E-state index in [0.717, 1.165) is 25.0 Å². The Hall–Kier alpha value is -1.38. The van der Waals surface area contributed by atoms with Crippen LogP contribution in [0.2, 0.25) is 0 Å². The molecule has 0 saturated carbocycles. The summed E-state index contributed by atoms with van der Waals surface area (Å²) in [6.07, 6.45) is 5.40. The Balaban J connectivity index is 2.18. The van der Waals surface area contributed by atoms with Crippen LogP contribution in [0.1, 0.15) is 31.9 Å². The summed E-state index contributed by atoms with van der Waals surface area (Å²) < 4.78 is 4.63. The molecule has 1 heterocycles. The van der Waals surface area contributed by atoms with E-state index in [1.165, 1.54) is 7.11 Å². The van der Waals surface area contributed by atoms with Gasteiger partial charge in [0, 0.05) is 18.3 Å². The van der Waals surface area contributed by atoms with Gasteiger partial charge in [-0.05, 0) is 37.3 Å². The third-order valence-electron chi connectivity index (χ3n) is 2.60. The van der Waals surface area contributed by atoms with Crippen LogP contribution in [0, 0.1) is 5.92 Å². The Labute approximate surface area is 96.8 Å². The van der Waals surface area contributed by atoms with Crippen LogP contribution in [-0.4, -0.2) is 18.1 Å². The van der Waals surface area contributed by atoms with Gasteiger partial charge in [0.1, 0.15) is 0 Å². The highest BCUT2D eigenvalue weighted by Gasteiger charge is 2.08. The van der Waals surface area contributed by atoms with E-state index in [1.54, 1.807) is 0 Å². The standard InChI is InChI=1S/C13H19NO2/c1-11(10-13(15)16-2)6-5-8-12-7-3-4-9-14-12/h3-4,7,9,11H,5-6,8,10H2,1-2H3. The van der Waals surface area contributed by atoms with Crippen molar-refractivity contribution in [3.63, 3.8) is 0 Å². The van der Waals surface area contributed by atoms with Crippen molar-refractivity contribution in [2.75, 3.05) is 7.11 Å². The molecule has 3 heteroatoms. The molecule has 1 atom stereocenters. The SMILES string of the molecule is COC(=O)CC(C)CCCc1ccccn1. The van der Waals surface area contributed by atoms with Crippen molar-refractivity contribution in [2.45, 2.75) is 32.6 Å². The molecule has 16 heavy (non-hydrogen) atoms. The van der Waals surface area contributed by atoms with Crippen molar-refractivity contribution >= 4 is 5.97 Å². The highest BCUT2D eigenvalue weighted by molar-refractivity contribution is 5.69. The Morgan fingerprint density at radius 2 is 2.31 bits per heavy atom. The number of ether oxygens (including phenoxy) is 1. The molecule has 0 saturated heterocycles. The Bertz CT molecular complexity index is 311. The summed E-state index contributed by atoms with van der Waals surface area (Å²) in [4.78, 5) is 15.3. The largest absolute Gasteiger partial charge is 0.469 e. The molecule has 0 bridgehead atoms. The molecule has 0 N–H and O–H groups in total. The molecule has 1 aromatic heterocycles.